The SMILES string of the molecule is CCCC[Se]B([Se]CCCC)[Se]CCCC. The van der Waals surface area contributed by atoms with Crippen molar-refractivity contribution >= 4 is 47.5 Å². The molecule has 0 unspecified atom stereocenters. The fourth-order valence-electron chi connectivity index (χ4n) is 1.12. The summed E-state index contributed by atoms with van der Waals surface area (Å²) in [5, 5.41) is 4.70. The van der Waals surface area contributed by atoms with Gasteiger partial charge in [-0.1, -0.05) is 0 Å². The van der Waals surface area contributed by atoms with Crippen LogP contribution in [0.25, 0.3) is 0 Å². The third-order valence-corrected chi connectivity index (χ3v) is 16.2. The van der Waals surface area contributed by atoms with E-state index in [9.17, 15) is 0 Å². The average molecular weight is 419 g/mol. The Kier molecular flexibility index (Phi) is 16.2. The van der Waals surface area contributed by atoms with Crippen LogP contribution in [0, 0.1) is 0 Å². The summed E-state index contributed by atoms with van der Waals surface area (Å²) in [7, 11) is 0. The summed E-state index contributed by atoms with van der Waals surface area (Å²) in [4.78, 5) is 0. The zero-order chi connectivity index (χ0) is 12.1. The molecule has 0 aliphatic heterocycles. The molecule has 0 atom stereocenters. The standard InChI is InChI=1S/C12H27BSe3/c1-4-7-10-14-13(15-11-8-5-2)16-12-9-6-3/h4-12H2,1-3H3. The van der Waals surface area contributed by atoms with Gasteiger partial charge in [0.15, 0.2) is 0 Å². The molecule has 0 heterocycles. The Hall–Kier alpha value is 1.62. The van der Waals surface area contributed by atoms with Crippen LogP contribution in [-0.4, -0.2) is 47.5 Å². The molecular formula is C12H27BSe3. The van der Waals surface area contributed by atoms with Crippen LogP contribution >= 0.6 is 0 Å². The fraction of sp³-hybridized carbons (Fsp3) is 1.00. The van der Waals surface area contributed by atoms with Crippen molar-refractivity contribution in [2.75, 3.05) is 0 Å². The second-order valence-electron chi connectivity index (χ2n) is 3.96. The molecule has 0 radical (unpaired) electrons. The van der Waals surface area contributed by atoms with Gasteiger partial charge in [-0.15, -0.1) is 0 Å². The molecule has 0 amide bonds. The molecule has 0 fully saturated rings. The summed E-state index contributed by atoms with van der Waals surface area (Å²) in [6, 6.07) is 0. The van der Waals surface area contributed by atoms with Crippen molar-refractivity contribution in [2.45, 2.75) is 75.3 Å². The number of rotatable bonds is 12. The Balaban J connectivity index is 3.58. The predicted octanol–water partition coefficient (Wildman–Crippen LogP) is 3.74. The second kappa shape index (κ2) is 14.7. The van der Waals surface area contributed by atoms with Gasteiger partial charge in [0.1, 0.15) is 0 Å². The summed E-state index contributed by atoms with van der Waals surface area (Å²) in [5.41, 5.74) is 0. The van der Waals surface area contributed by atoms with E-state index in [2.05, 4.69) is 20.8 Å². The van der Waals surface area contributed by atoms with Crippen molar-refractivity contribution in [3.63, 3.8) is 0 Å². The van der Waals surface area contributed by atoms with Crippen LogP contribution in [0.4, 0.5) is 0 Å². The topological polar surface area (TPSA) is 0 Å². The third kappa shape index (κ3) is 12.1. The average Bonchev–Trinajstić information content (AvgIpc) is 2.29. The van der Waals surface area contributed by atoms with Crippen LogP contribution in [0.1, 0.15) is 59.3 Å². The molecule has 0 spiro atoms. The Morgan fingerprint density at radius 1 is 0.625 bits per heavy atom. The van der Waals surface area contributed by atoms with E-state index in [1.165, 1.54) is 41.7 Å². The first kappa shape index (κ1) is 17.6. The van der Waals surface area contributed by atoms with Crippen LogP contribution in [0.3, 0.4) is 0 Å². The van der Waals surface area contributed by atoms with E-state index in [1.54, 1.807) is 16.0 Å². The summed E-state index contributed by atoms with van der Waals surface area (Å²) in [6.45, 7) is 6.99. The monoisotopic (exact) mass is 422 g/mol. The Labute approximate surface area is 122 Å². The van der Waals surface area contributed by atoms with E-state index < -0.39 is 0 Å². The van der Waals surface area contributed by atoms with E-state index in [1.807, 2.05) is 0 Å². The normalized spacial score (nSPS) is 10.7. The molecule has 0 N–H and O–H groups in total. The molecule has 0 nitrogen and oxygen atoms in total. The summed E-state index contributed by atoms with van der Waals surface area (Å²) < 4.78 is 1.23. The van der Waals surface area contributed by atoms with Gasteiger partial charge in [-0.2, -0.15) is 0 Å². The van der Waals surface area contributed by atoms with E-state index in [0.717, 1.165) is 44.3 Å². The first-order valence-electron chi connectivity index (χ1n) is 6.69. The van der Waals surface area contributed by atoms with Crippen LogP contribution in [0.5, 0.6) is 0 Å². The quantitative estimate of drug-likeness (QED) is 0.334. The Morgan fingerprint density at radius 3 is 1.19 bits per heavy atom. The molecule has 4 heteroatoms. The molecular weight excluding hydrogens is 392 g/mol. The molecule has 0 aromatic carbocycles. The van der Waals surface area contributed by atoms with Crippen molar-refractivity contribution in [1.82, 2.24) is 0 Å². The zero-order valence-electron chi connectivity index (χ0n) is 11.2. The summed E-state index contributed by atoms with van der Waals surface area (Å²) in [6.07, 6.45) is 8.67. The van der Waals surface area contributed by atoms with Gasteiger partial charge in [0.05, 0.1) is 0 Å². The van der Waals surface area contributed by atoms with Gasteiger partial charge in [0.2, 0.25) is 0 Å². The molecule has 0 rings (SSSR count). The first-order chi connectivity index (χ1) is 7.85. The number of hydrogen-bond acceptors (Lipinski definition) is 0. The number of unbranched alkanes of at least 4 members (excludes halogenated alkanes) is 3. The van der Waals surface area contributed by atoms with E-state index in [0.29, 0.717) is 0 Å². The van der Waals surface area contributed by atoms with Crippen LogP contribution < -0.4 is 0 Å². The molecule has 0 bridgehead atoms. The van der Waals surface area contributed by atoms with Gasteiger partial charge in [0.25, 0.3) is 0 Å². The van der Waals surface area contributed by atoms with Crippen LogP contribution in [-0.2, 0) is 0 Å². The first-order valence-corrected chi connectivity index (χ1v) is 13.3. The van der Waals surface area contributed by atoms with Gasteiger partial charge < -0.3 is 0 Å². The fourth-order valence-corrected chi connectivity index (χ4v) is 15.2. The number of hydrogen-bond donors (Lipinski definition) is 0. The van der Waals surface area contributed by atoms with Crippen molar-refractivity contribution in [2.24, 2.45) is 0 Å². The molecule has 16 heavy (non-hydrogen) atoms. The Morgan fingerprint density at radius 2 is 0.938 bits per heavy atom. The Bertz CT molecular complexity index is 110. The van der Waals surface area contributed by atoms with Gasteiger partial charge in [-0.3, -0.25) is 0 Å². The molecule has 0 aromatic heterocycles. The molecule has 0 saturated carbocycles. The third-order valence-electron chi connectivity index (χ3n) is 2.26. The van der Waals surface area contributed by atoms with Gasteiger partial charge in [0, 0.05) is 0 Å². The van der Waals surface area contributed by atoms with Crippen molar-refractivity contribution in [1.29, 1.82) is 0 Å². The summed E-state index contributed by atoms with van der Waals surface area (Å²) in [5.74, 6) is 0. The van der Waals surface area contributed by atoms with Crippen molar-refractivity contribution < 1.29 is 0 Å². The van der Waals surface area contributed by atoms with Crippen molar-refractivity contribution in [3.8, 4) is 0 Å². The maximum absolute atomic E-state index is 2.33. The maximum atomic E-state index is 2.33. The molecule has 0 aliphatic rings. The van der Waals surface area contributed by atoms with E-state index in [4.69, 9.17) is 0 Å². The zero-order valence-corrected chi connectivity index (χ0v) is 16.3. The van der Waals surface area contributed by atoms with Gasteiger partial charge >= 0.3 is 123 Å². The van der Waals surface area contributed by atoms with Crippen LogP contribution in [0.15, 0.2) is 0 Å². The molecule has 0 aliphatic carbocycles. The predicted molar refractivity (Wildman–Crippen MR) is 82.2 cm³/mol. The van der Waals surface area contributed by atoms with E-state index >= 15 is 0 Å². The molecule has 96 valence electrons. The minimum atomic E-state index is 0.998. The molecule has 0 aromatic rings. The molecule has 0 saturated heterocycles. The van der Waals surface area contributed by atoms with Crippen molar-refractivity contribution in [3.05, 3.63) is 0 Å². The summed E-state index contributed by atoms with van der Waals surface area (Å²) >= 11 is 2.99. The minimum absolute atomic E-state index is 0.998. The van der Waals surface area contributed by atoms with Gasteiger partial charge in [-0.05, 0) is 0 Å². The second-order valence-corrected chi connectivity index (χ2v) is 16.1. The van der Waals surface area contributed by atoms with Crippen LogP contribution in [0.2, 0.25) is 16.0 Å². The van der Waals surface area contributed by atoms with Gasteiger partial charge in [-0.25, -0.2) is 0 Å². The van der Waals surface area contributed by atoms with E-state index in [-0.39, 0.29) is 0 Å².